The molecule has 1 saturated carbocycles. The van der Waals surface area contributed by atoms with Crippen LogP contribution in [0.15, 0.2) is 61.1 Å². The smallest absolute Gasteiger partial charge is 0.150 e. The van der Waals surface area contributed by atoms with Crippen molar-refractivity contribution in [3.05, 3.63) is 71.9 Å². The molecular formula is C24H19ClN6O. The van der Waals surface area contributed by atoms with Gasteiger partial charge in [0.2, 0.25) is 0 Å². The van der Waals surface area contributed by atoms with Gasteiger partial charge in [0, 0.05) is 35.5 Å². The van der Waals surface area contributed by atoms with Crippen LogP contribution in [-0.2, 0) is 0 Å². The maximum atomic E-state index is 9.80. The number of aromatic nitrogens is 5. The van der Waals surface area contributed by atoms with E-state index in [1.54, 1.807) is 12.4 Å². The fraction of sp³-hybridized carbons (Fsp3) is 0.167. The number of nitrogen functional groups attached to an aromatic ring is 1. The van der Waals surface area contributed by atoms with Crippen LogP contribution < -0.4 is 5.73 Å². The Morgan fingerprint density at radius 3 is 2.66 bits per heavy atom. The van der Waals surface area contributed by atoms with Crippen LogP contribution in [0.25, 0.3) is 39.1 Å². The van der Waals surface area contributed by atoms with Gasteiger partial charge in [-0.2, -0.15) is 0 Å². The number of nitrogens with two attached hydrogens (primary N) is 1. The lowest BCUT2D eigenvalue weighted by molar-refractivity contribution is 0.0715. The molecule has 1 aliphatic carbocycles. The van der Waals surface area contributed by atoms with Gasteiger partial charge >= 0.3 is 0 Å². The molecule has 8 heteroatoms. The molecule has 0 aliphatic heterocycles. The van der Waals surface area contributed by atoms with E-state index in [1.165, 1.54) is 0 Å². The second-order valence-corrected chi connectivity index (χ2v) is 8.52. The maximum absolute atomic E-state index is 9.80. The van der Waals surface area contributed by atoms with E-state index in [4.69, 9.17) is 27.3 Å². The summed E-state index contributed by atoms with van der Waals surface area (Å²) in [6.07, 6.45) is 6.35. The molecule has 4 heterocycles. The summed E-state index contributed by atoms with van der Waals surface area (Å²) in [5.74, 6) is 1.41. The Morgan fingerprint density at radius 1 is 1.00 bits per heavy atom. The van der Waals surface area contributed by atoms with Crippen LogP contribution in [0.5, 0.6) is 0 Å². The molecular weight excluding hydrogens is 424 g/mol. The number of aliphatic hydroxyl groups is 1. The van der Waals surface area contributed by atoms with Crippen LogP contribution in [0.2, 0.25) is 5.02 Å². The van der Waals surface area contributed by atoms with Gasteiger partial charge in [0.25, 0.3) is 0 Å². The first-order valence-corrected chi connectivity index (χ1v) is 10.8. The number of benzene rings is 1. The molecule has 0 unspecified atom stereocenters. The standard InChI is InChI=1S/C24H19ClN6O/c25-17-11-13-4-5-19(18-3-1-2-6-27-18)29-20(13)12-16(17)21-22-23(26)28-7-8-31(22)24(30-21)14-9-15(32)10-14/h1-8,11-12,14-15,32H,9-10H2,(H2,26,28). The van der Waals surface area contributed by atoms with Gasteiger partial charge in [-0.05, 0) is 43.2 Å². The number of nitrogens with zero attached hydrogens (tertiary/aromatic N) is 5. The summed E-state index contributed by atoms with van der Waals surface area (Å²) in [6, 6.07) is 13.5. The normalized spacial score (nSPS) is 18.2. The van der Waals surface area contributed by atoms with Crippen molar-refractivity contribution in [2.75, 3.05) is 5.73 Å². The topological polar surface area (TPSA) is 102 Å². The molecule has 0 bridgehead atoms. The van der Waals surface area contributed by atoms with E-state index in [9.17, 15) is 5.11 Å². The van der Waals surface area contributed by atoms with E-state index in [2.05, 4.69) is 9.97 Å². The summed E-state index contributed by atoms with van der Waals surface area (Å²) < 4.78 is 1.96. The summed E-state index contributed by atoms with van der Waals surface area (Å²) in [6.45, 7) is 0. The van der Waals surface area contributed by atoms with Crippen molar-refractivity contribution in [1.82, 2.24) is 24.3 Å². The highest BCUT2D eigenvalue weighted by Gasteiger charge is 2.33. The molecule has 32 heavy (non-hydrogen) atoms. The Labute approximate surface area is 188 Å². The number of aliphatic hydroxyl groups excluding tert-OH is 1. The molecule has 1 aromatic carbocycles. The third kappa shape index (κ3) is 3.01. The number of hydrogen-bond donors (Lipinski definition) is 2. The molecule has 7 nitrogen and oxygen atoms in total. The number of fused-ring (bicyclic) bond motifs is 2. The van der Waals surface area contributed by atoms with Crippen molar-refractivity contribution in [3.8, 4) is 22.6 Å². The Hall–Kier alpha value is -3.55. The van der Waals surface area contributed by atoms with E-state index >= 15 is 0 Å². The largest absolute Gasteiger partial charge is 0.393 e. The van der Waals surface area contributed by atoms with Crippen molar-refractivity contribution in [3.63, 3.8) is 0 Å². The molecule has 1 aliphatic rings. The van der Waals surface area contributed by atoms with E-state index in [0.29, 0.717) is 34.9 Å². The molecule has 1 fully saturated rings. The van der Waals surface area contributed by atoms with E-state index in [-0.39, 0.29) is 12.0 Å². The van der Waals surface area contributed by atoms with Gasteiger partial charge in [-0.3, -0.25) is 9.38 Å². The molecule has 5 aromatic rings. The Balaban J connectivity index is 1.55. The summed E-state index contributed by atoms with van der Waals surface area (Å²) >= 11 is 6.72. The van der Waals surface area contributed by atoms with E-state index in [1.807, 2.05) is 53.1 Å². The lowest BCUT2D eigenvalue weighted by Crippen LogP contribution is -2.27. The van der Waals surface area contributed by atoms with Crippen LogP contribution in [0.4, 0.5) is 5.82 Å². The van der Waals surface area contributed by atoms with Gasteiger partial charge in [0.05, 0.1) is 28.0 Å². The minimum Gasteiger partial charge on any atom is -0.393 e. The number of pyridine rings is 2. The summed E-state index contributed by atoms with van der Waals surface area (Å²) in [5.41, 5.74) is 10.8. The number of anilines is 1. The first-order chi connectivity index (χ1) is 15.6. The fourth-order valence-corrected chi connectivity index (χ4v) is 4.60. The third-order valence-electron chi connectivity index (χ3n) is 6.05. The molecule has 6 rings (SSSR count). The minimum atomic E-state index is -0.284. The number of hydrogen-bond acceptors (Lipinski definition) is 6. The quantitative estimate of drug-likeness (QED) is 0.427. The fourth-order valence-electron chi connectivity index (χ4n) is 4.34. The van der Waals surface area contributed by atoms with Crippen LogP contribution >= 0.6 is 11.6 Å². The average Bonchev–Trinajstić information content (AvgIpc) is 3.17. The lowest BCUT2D eigenvalue weighted by atomic mass is 9.82. The number of rotatable bonds is 3. The Morgan fingerprint density at radius 2 is 1.88 bits per heavy atom. The third-order valence-corrected chi connectivity index (χ3v) is 6.36. The Kier molecular flexibility index (Phi) is 4.34. The highest BCUT2D eigenvalue weighted by molar-refractivity contribution is 6.34. The van der Waals surface area contributed by atoms with Crippen molar-refractivity contribution >= 4 is 33.8 Å². The zero-order valence-corrected chi connectivity index (χ0v) is 17.7. The first kappa shape index (κ1) is 19.2. The zero-order valence-electron chi connectivity index (χ0n) is 17.0. The predicted molar refractivity (Wildman–Crippen MR) is 124 cm³/mol. The predicted octanol–water partition coefficient (Wildman–Crippen LogP) is 4.48. The second-order valence-electron chi connectivity index (χ2n) is 8.11. The Bertz CT molecular complexity index is 1480. The average molecular weight is 443 g/mol. The SMILES string of the molecule is Nc1nccn2c(C3CC(O)C3)nc(-c3cc4nc(-c5ccccn5)ccc4cc3Cl)c12. The summed E-state index contributed by atoms with van der Waals surface area (Å²) in [4.78, 5) is 18.4. The van der Waals surface area contributed by atoms with Crippen molar-refractivity contribution in [2.45, 2.75) is 24.9 Å². The second kappa shape index (κ2) is 7.25. The van der Waals surface area contributed by atoms with Crippen molar-refractivity contribution < 1.29 is 5.11 Å². The number of halogens is 1. The summed E-state index contributed by atoms with van der Waals surface area (Å²) in [7, 11) is 0. The first-order valence-electron chi connectivity index (χ1n) is 10.4. The molecule has 0 atom stereocenters. The molecule has 158 valence electrons. The molecule has 3 N–H and O–H groups in total. The lowest BCUT2D eigenvalue weighted by Gasteiger charge is -2.30. The van der Waals surface area contributed by atoms with Crippen molar-refractivity contribution in [1.29, 1.82) is 0 Å². The zero-order chi connectivity index (χ0) is 21.8. The molecule has 0 spiro atoms. The molecule has 0 amide bonds. The van der Waals surface area contributed by atoms with Gasteiger partial charge in [-0.1, -0.05) is 23.7 Å². The van der Waals surface area contributed by atoms with Gasteiger partial charge < -0.3 is 10.8 Å². The summed E-state index contributed by atoms with van der Waals surface area (Å²) in [5, 5.41) is 11.3. The van der Waals surface area contributed by atoms with E-state index in [0.717, 1.165) is 33.7 Å². The van der Waals surface area contributed by atoms with Gasteiger partial charge in [-0.15, -0.1) is 0 Å². The highest BCUT2D eigenvalue weighted by Crippen LogP contribution is 2.41. The highest BCUT2D eigenvalue weighted by atomic mass is 35.5. The van der Waals surface area contributed by atoms with Gasteiger partial charge in [0.15, 0.2) is 0 Å². The van der Waals surface area contributed by atoms with Crippen LogP contribution in [0, 0.1) is 0 Å². The van der Waals surface area contributed by atoms with Crippen molar-refractivity contribution in [2.24, 2.45) is 0 Å². The monoisotopic (exact) mass is 442 g/mol. The van der Waals surface area contributed by atoms with Crippen LogP contribution in [0.3, 0.4) is 0 Å². The molecule has 4 aromatic heterocycles. The molecule has 0 saturated heterocycles. The van der Waals surface area contributed by atoms with Gasteiger partial charge in [-0.25, -0.2) is 15.0 Å². The minimum absolute atomic E-state index is 0.168. The van der Waals surface area contributed by atoms with E-state index < -0.39 is 0 Å². The van der Waals surface area contributed by atoms with Crippen LogP contribution in [0.1, 0.15) is 24.6 Å². The van der Waals surface area contributed by atoms with Gasteiger partial charge in [0.1, 0.15) is 22.9 Å². The van der Waals surface area contributed by atoms with Crippen LogP contribution in [-0.4, -0.2) is 35.5 Å². The maximum Gasteiger partial charge on any atom is 0.150 e. The number of imidazole rings is 1. The molecule has 0 radical (unpaired) electrons.